The number of sulfonamides is 2. The van der Waals surface area contributed by atoms with Crippen molar-refractivity contribution in [2.45, 2.75) is 38.3 Å². The zero-order valence-electron chi connectivity index (χ0n) is 12.1. The molecule has 21 heavy (non-hydrogen) atoms. The summed E-state index contributed by atoms with van der Waals surface area (Å²) < 4.78 is 51.5. The predicted molar refractivity (Wildman–Crippen MR) is 84.6 cm³/mol. The maximum atomic E-state index is 12.4. The van der Waals surface area contributed by atoms with E-state index in [1.807, 2.05) is 0 Å². The highest BCUT2D eigenvalue weighted by atomic mass is 35.5. The number of halogens is 1. The van der Waals surface area contributed by atoms with E-state index >= 15 is 0 Å². The van der Waals surface area contributed by atoms with Gasteiger partial charge in [0, 0.05) is 25.2 Å². The first-order valence-electron chi connectivity index (χ1n) is 7.05. The second-order valence-electron chi connectivity index (χ2n) is 5.32. The normalized spacial score (nSPS) is 27.1. The standard InChI is InChI=1S/C11H23N3O4S2.ClH/c1-2-19(15,16)13-7-8-20(17,18)14-10-3-4-11(14)9-12-6-5-10;/h10-13H,2-9H2,1H3;1H. The molecule has 7 nitrogen and oxygen atoms in total. The lowest BCUT2D eigenvalue weighted by molar-refractivity contribution is 0.334. The molecule has 0 aromatic heterocycles. The van der Waals surface area contributed by atoms with Gasteiger partial charge >= 0.3 is 0 Å². The molecule has 2 N–H and O–H groups in total. The first-order chi connectivity index (χ1) is 9.36. The van der Waals surface area contributed by atoms with E-state index in [0.29, 0.717) is 6.54 Å². The van der Waals surface area contributed by atoms with Gasteiger partial charge in [0.25, 0.3) is 0 Å². The van der Waals surface area contributed by atoms with Gasteiger partial charge in [0.2, 0.25) is 20.0 Å². The van der Waals surface area contributed by atoms with E-state index in [4.69, 9.17) is 0 Å². The number of nitrogens with one attached hydrogen (secondary N) is 2. The molecule has 0 aromatic rings. The summed E-state index contributed by atoms with van der Waals surface area (Å²) in [5.41, 5.74) is 0. The van der Waals surface area contributed by atoms with Crippen molar-refractivity contribution >= 4 is 32.5 Å². The minimum atomic E-state index is -3.41. The Hall–Kier alpha value is 0.0700. The number of hydrogen-bond acceptors (Lipinski definition) is 5. The van der Waals surface area contributed by atoms with Gasteiger partial charge in [-0.1, -0.05) is 0 Å². The molecule has 0 aromatic carbocycles. The summed E-state index contributed by atoms with van der Waals surface area (Å²) in [4.78, 5) is 0. The van der Waals surface area contributed by atoms with Crippen molar-refractivity contribution < 1.29 is 16.8 Å². The van der Waals surface area contributed by atoms with Crippen molar-refractivity contribution in [3.05, 3.63) is 0 Å². The van der Waals surface area contributed by atoms with Gasteiger partial charge in [0.15, 0.2) is 0 Å². The van der Waals surface area contributed by atoms with Gasteiger partial charge < -0.3 is 5.32 Å². The summed E-state index contributed by atoms with van der Waals surface area (Å²) in [6.07, 6.45) is 2.63. The smallest absolute Gasteiger partial charge is 0.215 e. The third-order valence-electron chi connectivity index (χ3n) is 3.97. The number of nitrogens with zero attached hydrogens (tertiary/aromatic N) is 1. The van der Waals surface area contributed by atoms with Crippen LogP contribution in [0.4, 0.5) is 0 Å². The zero-order chi connectivity index (χ0) is 14.8. The van der Waals surface area contributed by atoms with Gasteiger partial charge in [-0.05, 0) is 32.7 Å². The fourth-order valence-corrected chi connectivity index (χ4v) is 5.54. The third-order valence-corrected chi connectivity index (χ3v) is 7.33. The maximum absolute atomic E-state index is 12.4. The fraction of sp³-hybridized carbons (Fsp3) is 1.00. The average molecular weight is 362 g/mol. The first kappa shape index (κ1) is 19.1. The van der Waals surface area contributed by atoms with E-state index in [1.54, 1.807) is 4.31 Å². The Morgan fingerprint density at radius 3 is 2.48 bits per heavy atom. The molecule has 0 radical (unpaired) electrons. The molecule has 2 aliphatic heterocycles. The van der Waals surface area contributed by atoms with Crippen molar-refractivity contribution in [1.29, 1.82) is 0 Å². The monoisotopic (exact) mass is 361 g/mol. The van der Waals surface area contributed by atoms with E-state index in [0.717, 1.165) is 25.8 Å². The molecule has 2 rings (SSSR count). The van der Waals surface area contributed by atoms with Gasteiger partial charge in [-0.3, -0.25) is 0 Å². The predicted octanol–water partition coefficient (Wildman–Crippen LogP) is -0.496. The highest BCUT2D eigenvalue weighted by Gasteiger charge is 2.41. The topological polar surface area (TPSA) is 95.6 Å². The van der Waals surface area contributed by atoms with Gasteiger partial charge in [0.05, 0.1) is 11.5 Å². The Labute approximate surface area is 133 Å². The van der Waals surface area contributed by atoms with Crippen LogP contribution in [-0.4, -0.2) is 64.4 Å². The molecule has 0 aliphatic carbocycles. The van der Waals surface area contributed by atoms with Gasteiger partial charge in [-0.15, -0.1) is 12.4 Å². The molecule has 126 valence electrons. The van der Waals surface area contributed by atoms with Crippen molar-refractivity contribution in [2.24, 2.45) is 0 Å². The number of hydrogen-bond donors (Lipinski definition) is 2. The Bertz CT molecular complexity index is 524. The van der Waals surface area contributed by atoms with Crippen LogP contribution in [0.15, 0.2) is 0 Å². The van der Waals surface area contributed by atoms with Crippen LogP contribution >= 0.6 is 12.4 Å². The molecular weight excluding hydrogens is 338 g/mol. The van der Waals surface area contributed by atoms with Crippen molar-refractivity contribution in [3.63, 3.8) is 0 Å². The van der Waals surface area contributed by atoms with Crippen LogP contribution in [0.5, 0.6) is 0 Å². The molecule has 2 aliphatic rings. The minimum Gasteiger partial charge on any atom is -0.315 e. The Morgan fingerprint density at radius 1 is 1.14 bits per heavy atom. The van der Waals surface area contributed by atoms with E-state index in [1.165, 1.54) is 6.92 Å². The molecule has 2 fully saturated rings. The van der Waals surface area contributed by atoms with Gasteiger partial charge in [0.1, 0.15) is 0 Å². The Kier molecular flexibility index (Phi) is 6.88. The van der Waals surface area contributed by atoms with Gasteiger partial charge in [-0.2, -0.15) is 4.31 Å². The molecule has 10 heteroatoms. The SMILES string of the molecule is CCS(=O)(=O)NCCS(=O)(=O)N1C2CCNCC1CC2.Cl. The lowest BCUT2D eigenvalue weighted by Crippen LogP contribution is -2.45. The van der Waals surface area contributed by atoms with Crippen LogP contribution < -0.4 is 10.0 Å². The Morgan fingerprint density at radius 2 is 1.81 bits per heavy atom. The quantitative estimate of drug-likeness (QED) is 0.665. The minimum absolute atomic E-state index is 0. The van der Waals surface area contributed by atoms with Crippen LogP contribution in [0, 0.1) is 0 Å². The summed E-state index contributed by atoms with van der Waals surface area (Å²) in [5.74, 6) is -0.203. The fourth-order valence-electron chi connectivity index (χ4n) is 2.93. The lowest BCUT2D eigenvalue weighted by atomic mass is 10.1. The number of rotatable bonds is 6. The maximum Gasteiger partial charge on any atom is 0.215 e. The van der Waals surface area contributed by atoms with E-state index < -0.39 is 20.0 Å². The van der Waals surface area contributed by atoms with Crippen LogP contribution in [0.25, 0.3) is 0 Å². The molecule has 2 saturated heterocycles. The van der Waals surface area contributed by atoms with Crippen LogP contribution in [0.1, 0.15) is 26.2 Å². The zero-order valence-corrected chi connectivity index (χ0v) is 14.6. The van der Waals surface area contributed by atoms with E-state index in [-0.39, 0.29) is 42.5 Å². The van der Waals surface area contributed by atoms with E-state index in [9.17, 15) is 16.8 Å². The van der Waals surface area contributed by atoms with Crippen molar-refractivity contribution in [2.75, 3.05) is 31.1 Å². The lowest BCUT2D eigenvalue weighted by Gasteiger charge is -2.26. The molecule has 0 amide bonds. The molecule has 0 spiro atoms. The second-order valence-corrected chi connectivity index (χ2v) is 9.41. The number of fused-ring (bicyclic) bond motifs is 2. The molecule has 0 saturated carbocycles. The van der Waals surface area contributed by atoms with E-state index in [2.05, 4.69) is 10.0 Å². The van der Waals surface area contributed by atoms with Crippen molar-refractivity contribution in [3.8, 4) is 0 Å². The van der Waals surface area contributed by atoms with Crippen LogP contribution in [-0.2, 0) is 20.0 Å². The third kappa shape index (κ3) is 4.77. The molecule has 2 unspecified atom stereocenters. The largest absolute Gasteiger partial charge is 0.315 e. The van der Waals surface area contributed by atoms with Crippen molar-refractivity contribution in [1.82, 2.24) is 14.3 Å². The van der Waals surface area contributed by atoms with Gasteiger partial charge in [-0.25, -0.2) is 21.6 Å². The molecule has 2 bridgehead atoms. The molecule has 2 heterocycles. The summed E-state index contributed by atoms with van der Waals surface area (Å²) in [6, 6.07) is 0.0954. The highest BCUT2D eigenvalue weighted by Crippen LogP contribution is 2.30. The molecular formula is C11H24ClN3O4S2. The average Bonchev–Trinajstić information content (AvgIpc) is 2.63. The summed E-state index contributed by atoms with van der Waals surface area (Å²) in [7, 11) is -6.74. The second kappa shape index (κ2) is 7.56. The van der Waals surface area contributed by atoms with Crippen LogP contribution in [0.2, 0.25) is 0 Å². The summed E-state index contributed by atoms with van der Waals surface area (Å²) >= 11 is 0. The molecule has 2 atom stereocenters. The summed E-state index contributed by atoms with van der Waals surface area (Å²) in [6.45, 7) is 3.01. The summed E-state index contributed by atoms with van der Waals surface area (Å²) in [5, 5.41) is 3.25. The highest BCUT2D eigenvalue weighted by molar-refractivity contribution is 7.90. The first-order valence-corrected chi connectivity index (χ1v) is 10.3. The Balaban J connectivity index is 0.00000220. The van der Waals surface area contributed by atoms with Crippen LogP contribution in [0.3, 0.4) is 0 Å².